The van der Waals surface area contributed by atoms with E-state index in [1.165, 1.54) is 42.9 Å². The zero-order valence-electron chi connectivity index (χ0n) is 50.5. The minimum Gasteiger partial charge on any atom is -1.00 e. The van der Waals surface area contributed by atoms with Crippen LogP contribution >= 0.6 is 11.6 Å². The summed E-state index contributed by atoms with van der Waals surface area (Å²) in [5.74, 6) is -5.33. The van der Waals surface area contributed by atoms with Crippen molar-refractivity contribution in [2.24, 2.45) is 57.2 Å². The number of hydroxylamine groups is 4. The van der Waals surface area contributed by atoms with Crippen molar-refractivity contribution >= 4 is 44.9 Å². The van der Waals surface area contributed by atoms with E-state index in [9.17, 15) is 42.2 Å². The monoisotopic (exact) mass is 1260 g/mol. The van der Waals surface area contributed by atoms with Crippen LogP contribution in [0.4, 0.5) is 22.0 Å². The van der Waals surface area contributed by atoms with Gasteiger partial charge in [0.2, 0.25) is 0 Å². The number of aliphatic hydroxyl groups is 2. The van der Waals surface area contributed by atoms with Gasteiger partial charge in [-0.1, -0.05) is 86.7 Å². The largest absolute Gasteiger partial charge is 1.00 e. The fraction of sp³-hybridized carbons (Fsp3) is 0.625. The number of nitrogens with zero attached hydrogens (tertiary/aromatic N) is 2. The molecule has 2 aromatic carbocycles. The van der Waals surface area contributed by atoms with Crippen molar-refractivity contribution in [2.75, 3.05) is 52.1 Å². The third kappa shape index (κ3) is 10.5. The van der Waals surface area contributed by atoms with Crippen LogP contribution in [0.5, 0.6) is 0 Å². The summed E-state index contributed by atoms with van der Waals surface area (Å²) in [6.07, 6.45) is 5.85. The maximum Gasteiger partial charge on any atom is 1.00 e. The van der Waals surface area contributed by atoms with Gasteiger partial charge in [-0.05, 0) is 136 Å². The number of aryl methyl sites for hydroxylation is 2. The van der Waals surface area contributed by atoms with Crippen molar-refractivity contribution in [3.8, 4) is 0 Å². The third-order valence-electron chi connectivity index (χ3n) is 22.1. The Labute approximate surface area is 525 Å². The van der Waals surface area contributed by atoms with Gasteiger partial charge in [-0.15, -0.1) is 11.6 Å². The summed E-state index contributed by atoms with van der Waals surface area (Å²) in [6, 6.07) is 20.1. The third-order valence-corrected chi connectivity index (χ3v) is 22.9. The van der Waals surface area contributed by atoms with Gasteiger partial charge in [0.25, 0.3) is 10.1 Å². The number of benzene rings is 2. The smallest absolute Gasteiger partial charge is 1.00 e. The van der Waals surface area contributed by atoms with Gasteiger partial charge >= 0.3 is 18.9 Å². The van der Waals surface area contributed by atoms with E-state index >= 15 is 17.6 Å². The van der Waals surface area contributed by atoms with Crippen LogP contribution in [-0.4, -0.2) is 151 Å². The van der Waals surface area contributed by atoms with Crippen molar-refractivity contribution in [1.82, 2.24) is 10.1 Å². The molecule has 0 bridgehead atoms. The molecule has 6 saturated carbocycles. The Kier molecular flexibility index (Phi) is 19.5. The molecule has 2 N–H and O–H groups in total. The number of hydrogen-bond donors (Lipinski definition) is 2. The second-order valence-corrected chi connectivity index (χ2v) is 28.0. The first-order chi connectivity index (χ1) is 40.1. The summed E-state index contributed by atoms with van der Waals surface area (Å²) >= 11 is 6.18. The van der Waals surface area contributed by atoms with Crippen molar-refractivity contribution < 1.29 is 106 Å². The molecule has 0 amide bonds. The Morgan fingerprint density at radius 3 is 1.45 bits per heavy atom. The molecular formula is C64H78Cl2F5LiN2O11S. The minimum atomic E-state index is -3.95. The van der Waals surface area contributed by atoms with E-state index in [2.05, 4.69) is 12.1 Å². The number of halogens is 7. The van der Waals surface area contributed by atoms with Crippen LogP contribution in [-0.2, 0) is 56.0 Å². The Hall–Kier alpha value is -3.42. The molecular weight excluding hydrogens is 1180 g/mol. The number of rotatable bonds is 14. The van der Waals surface area contributed by atoms with E-state index in [1.807, 2.05) is 60.5 Å². The van der Waals surface area contributed by atoms with Gasteiger partial charge in [0, 0.05) is 71.5 Å². The summed E-state index contributed by atoms with van der Waals surface area (Å²) in [7, 11) is -4.95. The first kappa shape index (κ1) is 67.0. The molecule has 2 aliphatic heterocycles. The van der Waals surface area contributed by atoms with E-state index in [-0.39, 0.29) is 91.5 Å². The molecule has 10 aliphatic rings. The second-order valence-electron chi connectivity index (χ2n) is 26.1. The molecule has 0 spiro atoms. The Morgan fingerprint density at radius 1 is 0.698 bits per heavy atom. The SMILES string of the molecule is C[C@]12C=CC(=O)C=C1[C@@H](F)C[C@H]1[C@@H]3C[C@H]4CN(CCCc5ccccc5)O[C@@]4(C(=O)CCl)[C@@]3(C)C[C@H](O)[C@@]12F.C[C@]12C=CC(=O)C=C1[C@@H](F)C[C@H]1[C@@H]3C[C@H]4CN(CCCc5ccccc5)O[C@@]4(C(=O)COS(C)(=O)=O)[C@@]3(C)C[C@H](O)[C@@]12F.[2H]CF.[Cl-].[Li+]. The molecule has 2 aromatic rings. The predicted molar refractivity (Wildman–Crippen MR) is 304 cm³/mol. The summed E-state index contributed by atoms with van der Waals surface area (Å²) in [4.78, 5) is 65.1. The number of carbonyl (C=O) groups is 4. The van der Waals surface area contributed by atoms with E-state index < -0.39 is 134 Å². The van der Waals surface area contributed by atoms with Gasteiger partial charge in [0.05, 0.1) is 32.9 Å². The predicted octanol–water partition coefficient (Wildman–Crippen LogP) is 3.25. The number of aliphatic hydroxyl groups excluding tert-OH is 2. The molecule has 466 valence electrons. The van der Waals surface area contributed by atoms with Crippen LogP contribution in [0.15, 0.2) is 108 Å². The van der Waals surface area contributed by atoms with Crippen LogP contribution in [0, 0.1) is 57.2 Å². The van der Waals surface area contributed by atoms with Gasteiger partial charge in [-0.3, -0.25) is 37.4 Å². The molecule has 0 radical (unpaired) electrons. The Morgan fingerprint density at radius 2 is 1.08 bits per heavy atom. The number of Topliss-reactive ketones (excluding diaryl/α,β-unsaturated/α-hetero) is 2. The standard InChI is InChI=1S/C32H39F2NO7S.C31H36ClF2NO4.CH3F.ClH.Li/c1-29-12-11-22(36)15-25(29)26(33)16-24-23-14-21-18-35(13-7-10-20-8-5-4-6-9-20)42-32(21,28(38)19-41-43(3,39)40)30(23,2)17-27(37)31(24,29)34;1-28-11-10-21(36)14-24(28)25(33)15-23-22-13-20-18-35(12-6-9-19-7-4-3-5-8-19)39-31(20,27(38)17-32)29(22,2)16-26(37)30(23,28)34;1-2;;/h4-6,8-9,11-12,15,21,23-24,26-27,37H,7,10,13-14,16-19H2,1-3H3;3-5,7-8,10-11,14,20,22-23,25-26,37H,6,9,12-13,15-18H2,1-2H3;1H3;1H;/q;;;;+1/p-1/t21-,23-,24-,26-,27-,29-,30-,31-,32-;20-,22-,23-,25-,26-,28-,29-,30-,31-;;;/m00.../s1/i;;1D;;. The summed E-state index contributed by atoms with van der Waals surface area (Å²) in [6.45, 7) is 8.04. The summed E-state index contributed by atoms with van der Waals surface area (Å²) in [5, 5.41) is 26.9. The van der Waals surface area contributed by atoms with Gasteiger partial charge < -0.3 is 22.6 Å². The number of carbonyl (C=O) groups excluding carboxylic acids is 4. The molecule has 13 nitrogen and oxygen atoms in total. The molecule has 18 atom stereocenters. The Balaban J connectivity index is 0.000000212. The van der Waals surface area contributed by atoms with Crippen LogP contribution in [0.2, 0.25) is 0 Å². The van der Waals surface area contributed by atoms with Gasteiger partial charge in [-0.25, -0.2) is 17.6 Å². The van der Waals surface area contributed by atoms with Crippen molar-refractivity contribution in [2.45, 2.75) is 139 Å². The van der Waals surface area contributed by atoms with Gasteiger partial charge in [-0.2, -0.15) is 18.5 Å². The summed E-state index contributed by atoms with van der Waals surface area (Å²) in [5.41, 5.74) is -9.88. The molecule has 8 fully saturated rings. The van der Waals surface area contributed by atoms with Crippen molar-refractivity contribution in [3.63, 3.8) is 0 Å². The van der Waals surface area contributed by atoms with Crippen LogP contribution in [0.25, 0.3) is 0 Å². The molecule has 22 heteroatoms. The molecule has 2 saturated heterocycles. The molecule has 86 heavy (non-hydrogen) atoms. The average Bonchev–Trinajstić information content (AvgIpc) is 1.62. The molecule has 2 heterocycles. The number of allylic oxidation sites excluding steroid dienone is 8. The zero-order valence-corrected chi connectivity index (χ0v) is 51.9. The van der Waals surface area contributed by atoms with E-state index in [0.717, 1.165) is 43.6 Å². The fourth-order valence-electron chi connectivity index (χ4n) is 18.5. The normalized spacial score (nSPS) is 41.6. The average molecular weight is 1260 g/mol. The van der Waals surface area contributed by atoms with Crippen LogP contribution in [0.1, 0.15) is 91.6 Å². The topological polar surface area (TPSA) is 177 Å². The zero-order chi connectivity index (χ0) is 61.5. The number of ketones is 4. The maximum atomic E-state index is 17.6. The number of fused-ring (bicyclic) bond motifs is 14. The second kappa shape index (κ2) is 25.0. The molecule has 0 aromatic heterocycles. The van der Waals surface area contributed by atoms with E-state index in [4.69, 9.17) is 26.8 Å². The van der Waals surface area contributed by atoms with Gasteiger partial charge in [0.1, 0.15) is 19.0 Å². The molecule has 8 aliphatic carbocycles. The summed E-state index contributed by atoms with van der Waals surface area (Å²) < 4.78 is 111. The van der Waals surface area contributed by atoms with Crippen molar-refractivity contribution in [1.29, 1.82) is 0 Å². The van der Waals surface area contributed by atoms with Crippen LogP contribution in [0.3, 0.4) is 0 Å². The number of hydrogen-bond acceptors (Lipinski definition) is 13. The quantitative estimate of drug-likeness (QED) is 0.122. The van der Waals surface area contributed by atoms with E-state index in [0.29, 0.717) is 39.0 Å². The van der Waals surface area contributed by atoms with E-state index in [1.54, 1.807) is 18.9 Å². The van der Waals surface area contributed by atoms with Gasteiger partial charge in [0.15, 0.2) is 45.7 Å². The minimum absolute atomic E-state index is 0. The Bertz CT molecular complexity index is 3180. The molecule has 12 rings (SSSR count). The van der Waals surface area contributed by atoms with Crippen LogP contribution < -0.4 is 31.3 Å². The first-order valence-corrected chi connectivity index (χ1v) is 31.6. The maximum absolute atomic E-state index is 17.6. The molecule has 0 unspecified atom stereocenters. The first-order valence-electron chi connectivity index (χ1n) is 30.0. The fourth-order valence-corrected chi connectivity index (χ4v) is 19.0. The number of alkyl halides is 6. The van der Waals surface area contributed by atoms with Crippen molar-refractivity contribution in [3.05, 3.63) is 119 Å².